The summed E-state index contributed by atoms with van der Waals surface area (Å²) in [7, 11) is -4.01. The van der Waals surface area contributed by atoms with E-state index in [1.54, 1.807) is 0 Å². The smallest absolute Gasteiger partial charge is 0.341 e. The quantitative estimate of drug-likeness (QED) is 0.586. The first kappa shape index (κ1) is 20.8. The van der Waals surface area contributed by atoms with Gasteiger partial charge in [-0.05, 0) is 44.2 Å². The number of carbonyl (C=O) groups is 1. The van der Waals surface area contributed by atoms with Crippen LogP contribution in [0.4, 0.5) is 0 Å². The lowest BCUT2D eigenvalue weighted by Crippen LogP contribution is -2.28. The van der Waals surface area contributed by atoms with E-state index in [1.807, 2.05) is 0 Å². The van der Waals surface area contributed by atoms with Crippen LogP contribution >= 0.6 is 0 Å². The monoisotopic (exact) mass is 415 g/mol. The topological polar surface area (TPSA) is 120 Å². The lowest BCUT2D eigenvalue weighted by molar-refractivity contribution is -0.162. The molecular formula is C18H25NO8S. The highest BCUT2D eigenvalue weighted by Gasteiger charge is 2.30. The second-order valence-corrected chi connectivity index (χ2v) is 8.28. The summed E-state index contributed by atoms with van der Waals surface area (Å²) in [6, 6.07) is 2.64. The third kappa shape index (κ3) is 5.13. The maximum absolute atomic E-state index is 12.6. The molecule has 2 N–H and O–H groups in total. The zero-order valence-electron chi connectivity index (χ0n) is 15.5. The van der Waals surface area contributed by atoms with Gasteiger partial charge in [-0.15, -0.1) is 0 Å². The molecule has 0 radical (unpaired) electrons. The maximum atomic E-state index is 12.6. The minimum absolute atomic E-state index is 0.0532. The van der Waals surface area contributed by atoms with Gasteiger partial charge in [-0.1, -0.05) is 0 Å². The molecule has 1 aromatic carbocycles. The Hall–Kier alpha value is -1.88. The first-order valence-electron chi connectivity index (χ1n) is 9.38. The van der Waals surface area contributed by atoms with Gasteiger partial charge in [0.25, 0.3) is 0 Å². The van der Waals surface area contributed by atoms with Crippen LogP contribution in [0.5, 0.6) is 11.5 Å². The molecule has 1 fully saturated rings. The lowest BCUT2D eigenvalue weighted by atomic mass is 10.2. The summed E-state index contributed by atoms with van der Waals surface area (Å²) in [5.74, 6) is -1.21. The molecule has 1 saturated heterocycles. The van der Waals surface area contributed by atoms with Gasteiger partial charge in [-0.25, -0.2) is 17.9 Å². The fourth-order valence-electron chi connectivity index (χ4n) is 3.09. The number of rotatable bonds is 9. The van der Waals surface area contributed by atoms with Gasteiger partial charge in [0.05, 0.1) is 0 Å². The largest absolute Gasteiger partial charge is 0.486 e. The van der Waals surface area contributed by atoms with E-state index in [0.29, 0.717) is 26.1 Å². The number of nitrogens with one attached hydrogen (secondary N) is 1. The molecule has 0 saturated carbocycles. The summed E-state index contributed by atoms with van der Waals surface area (Å²) >= 11 is 0. The highest BCUT2D eigenvalue weighted by molar-refractivity contribution is 7.89. The molecule has 2 aliphatic rings. The Morgan fingerprint density at radius 1 is 1.18 bits per heavy atom. The normalized spacial score (nSPS) is 19.4. The van der Waals surface area contributed by atoms with E-state index < -0.39 is 21.6 Å². The van der Waals surface area contributed by atoms with Crippen molar-refractivity contribution in [3.8, 4) is 11.5 Å². The Morgan fingerprint density at radius 2 is 2.00 bits per heavy atom. The molecule has 1 unspecified atom stereocenters. The van der Waals surface area contributed by atoms with Crippen molar-refractivity contribution in [3.63, 3.8) is 0 Å². The molecule has 2 heterocycles. The van der Waals surface area contributed by atoms with Crippen LogP contribution in [0.1, 0.15) is 42.5 Å². The second kappa shape index (κ2) is 9.55. The van der Waals surface area contributed by atoms with Crippen LogP contribution in [0.15, 0.2) is 17.0 Å². The second-order valence-electron chi connectivity index (χ2n) is 6.54. The molecule has 156 valence electrons. The van der Waals surface area contributed by atoms with Crippen LogP contribution in [0, 0.1) is 0 Å². The molecule has 0 bridgehead atoms. The average molecular weight is 415 g/mol. The zero-order chi connectivity index (χ0) is 20.0. The van der Waals surface area contributed by atoms with Crippen molar-refractivity contribution in [2.75, 3.05) is 33.0 Å². The summed E-state index contributed by atoms with van der Waals surface area (Å²) in [5.41, 5.74) is -0.414. The summed E-state index contributed by atoms with van der Waals surface area (Å²) in [4.78, 5) is 11.3. The van der Waals surface area contributed by atoms with Crippen molar-refractivity contribution in [3.05, 3.63) is 17.7 Å². The van der Waals surface area contributed by atoms with E-state index in [4.69, 9.17) is 18.9 Å². The summed E-state index contributed by atoms with van der Waals surface area (Å²) in [6.07, 6.45) is 4.08. The zero-order valence-corrected chi connectivity index (χ0v) is 16.3. The molecule has 2 aliphatic heterocycles. The molecule has 0 spiro atoms. The highest BCUT2D eigenvalue weighted by atomic mass is 32.2. The Morgan fingerprint density at radius 3 is 2.75 bits per heavy atom. The maximum Gasteiger partial charge on any atom is 0.341 e. The van der Waals surface area contributed by atoms with Crippen molar-refractivity contribution < 1.29 is 37.3 Å². The van der Waals surface area contributed by atoms with E-state index in [2.05, 4.69) is 4.72 Å². The third-order valence-electron chi connectivity index (χ3n) is 4.48. The number of benzene rings is 1. The van der Waals surface area contributed by atoms with Gasteiger partial charge >= 0.3 is 5.97 Å². The van der Waals surface area contributed by atoms with E-state index >= 15 is 0 Å². The molecular weight excluding hydrogens is 390 g/mol. The van der Waals surface area contributed by atoms with E-state index in [0.717, 1.165) is 19.3 Å². The number of aromatic carboxylic acids is 1. The number of unbranched alkanes of at least 4 members (excludes halogenated alkanes) is 1. The van der Waals surface area contributed by atoms with Crippen molar-refractivity contribution in [2.45, 2.75) is 43.3 Å². The van der Waals surface area contributed by atoms with Crippen molar-refractivity contribution in [1.82, 2.24) is 4.72 Å². The SMILES string of the molecule is O=C(O)c1c(S(=O)(=O)NCCCCOC2CCCCO2)ccc2c1OCCO2. The van der Waals surface area contributed by atoms with E-state index in [1.165, 1.54) is 12.1 Å². The standard InChI is InChI=1S/C18H25NO8S/c20-18(21)16-14(7-6-13-17(16)27-12-11-24-13)28(22,23)19-8-2-4-10-26-15-5-1-3-9-25-15/h6-7,15,19H,1-5,8-12H2,(H,20,21). The molecule has 28 heavy (non-hydrogen) atoms. The molecule has 1 aromatic rings. The van der Waals surface area contributed by atoms with E-state index in [9.17, 15) is 18.3 Å². The van der Waals surface area contributed by atoms with Crippen molar-refractivity contribution >= 4 is 16.0 Å². The summed E-state index contributed by atoms with van der Waals surface area (Å²) < 4.78 is 49.4. The fraction of sp³-hybridized carbons (Fsp3) is 0.611. The molecule has 10 heteroatoms. The van der Waals surface area contributed by atoms with E-state index in [-0.39, 0.29) is 42.4 Å². The predicted molar refractivity (Wildman–Crippen MR) is 98.4 cm³/mol. The summed E-state index contributed by atoms with van der Waals surface area (Å²) in [5, 5.41) is 9.49. The van der Waals surface area contributed by atoms with Crippen LogP contribution in [0.3, 0.4) is 0 Å². The molecule has 1 atom stereocenters. The Labute approximate surface area is 164 Å². The number of hydrogen-bond donors (Lipinski definition) is 2. The van der Waals surface area contributed by atoms with Crippen LogP contribution in [-0.2, 0) is 19.5 Å². The number of ether oxygens (including phenoxy) is 4. The van der Waals surface area contributed by atoms with Gasteiger partial charge in [-0.2, -0.15) is 0 Å². The molecule has 0 amide bonds. The Balaban J connectivity index is 1.55. The predicted octanol–water partition coefficient (Wildman–Crippen LogP) is 1.76. The minimum atomic E-state index is -4.01. The number of hydrogen-bond acceptors (Lipinski definition) is 7. The minimum Gasteiger partial charge on any atom is -0.486 e. The highest BCUT2D eigenvalue weighted by Crippen LogP contribution is 2.37. The van der Waals surface area contributed by atoms with Gasteiger partial charge in [0.1, 0.15) is 23.7 Å². The Bertz CT molecular complexity index is 789. The molecule has 9 nitrogen and oxygen atoms in total. The third-order valence-corrected chi connectivity index (χ3v) is 5.98. The van der Waals surface area contributed by atoms with Crippen molar-refractivity contribution in [2.24, 2.45) is 0 Å². The van der Waals surface area contributed by atoms with Crippen LogP contribution < -0.4 is 14.2 Å². The molecule has 3 rings (SSSR count). The number of carboxylic acid groups (broad SMARTS) is 1. The van der Waals surface area contributed by atoms with Gasteiger partial charge in [0.15, 0.2) is 17.8 Å². The van der Waals surface area contributed by atoms with Crippen molar-refractivity contribution in [1.29, 1.82) is 0 Å². The van der Waals surface area contributed by atoms with Gasteiger partial charge in [-0.3, -0.25) is 0 Å². The van der Waals surface area contributed by atoms with Gasteiger partial charge < -0.3 is 24.1 Å². The van der Waals surface area contributed by atoms with Gasteiger partial charge in [0.2, 0.25) is 10.0 Å². The average Bonchev–Trinajstić information content (AvgIpc) is 2.70. The number of carboxylic acids is 1. The first-order chi connectivity index (χ1) is 13.5. The number of fused-ring (bicyclic) bond motifs is 1. The van der Waals surface area contributed by atoms with Crippen LogP contribution in [0.2, 0.25) is 0 Å². The lowest BCUT2D eigenvalue weighted by Gasteiger charge is -2.22. The van der Waals surface area contributed by atoms with Crippen LogP contribution in [-0.4, -0.2) is 58.8 Å². The van der Waals surface area contributed by atoms with Gasteiger partial charge in [0, 0.05) is 19.8 Å². The first-order valence-corrected chi connectivity index (χ1v) is 10.9. The number of sulfonamides is 1. The molecule has 0 aliphatic carbocycles. The Kier molecular flexibility index (Phi) is 7.11. The molecule has 0 aromatic heterocycles. The fourth-order valence-corrected chi connectivity index (χ4v) is 4.36. The summed E-state index contributed by atoms with van der Waals surface area (Å²) in [6.45, 7) is 1.81. The van der Waals surface area contributed by atoms with Crippen LogP contribution in [0.25, 0.3) is 0 Å².